The molecule has 0 bridgehead atoms. The maximum absolute atomic E-state index is 14.0. The van der Waals surface area contributed by atoms with E-state index in [0.717, 1.165) is 9.87 Å². The molecular formula is C34H41N5O9S. The molecule has 49 heavy (non-hydrogen) atoms. The highest BCUT2D eigenvalue weighted by Gasteiger charge is 2.58. The van der Waals surface area contributed by atoms with Crippen molar-refractivity contribution in [2.75, 3.05) is 20.1 Å². The van der Waals surface area contributed by atoms with E-state index in [1.807, 2.05) is 6.07 Å². The Morgan fingerprint density at radius 1 is 1.00 bits per heavy atom. The van der Waals surface area contributed by atoms with Gasteiger partial charge in [0.05, 0.1) is 22.5 Å². The van der Waals surface area contributed by atoms with Gasteiger partial charge in [-0.15, -0.1) is 4.31 Å². The number of nitrogens with zero attached hydrogens (tertiary/aromatic N) is 4. The minimum Gasteiger partial charge on any atom is -0.474 e. The first-order valence-electron chi connectivity index (χ1n) is 15.5. The first-order valence-corrected chi connectivity index (χ1v) is 17.0. The highest BCUT2D eigenvalue weighted by molar-refractivity contribution is 7.90. The van der Waals surface area contributed by atoms with E-state index in [2.05, 4.69) is 10.3 Å². The summed E-state index contributed by atoms with van der Waals surface area (Å²) in [6.07, 6.45) is 1.83. The topological polar surface area (TPSA) is 187 Å². The number of aryl methyl sites for hydroxylation is 1. The van der Waals surface area contributed by atoms with E-state index in [1.54, 1.807) is 71.9 Å². The average molecular weight is 696 g/mol. The molecule has 0 atom stereocenters. The Bertz CT molecular complexity index is 1930. The molecular weight excluding hydrogens is 654 g/mol. The molecule has 3 aromatic rings. The molecule has 0 unspecified atom stereocenters. The summed E-state index contributed by atoms with van der Waals surface area (Å²) < 4.78 is 45.2. The largest absolute Gasteiger partial charge is 0.474 e. The number of fused-ring (bicyclic) bond motifs is 1. The fraction of sp³-hybridized carbons (Fsp3) is 0.471. The number of carbonyl (C=O) groups excluding carboxylic acids is 3. The normalized spacial score (nSPS) is 14.2. The predicted octanol–water partition coefficient (Wildman–Crippen LogP) is 3.37. The van der Waals surface area contributed by atoms with Gasteiger partial charge in [0.25, 0.3) is 11.5 Å². The van der Waals surface area contributed by atoms with Crippen LogP contribution in [0.1, 0.15) is 75.9 Å². The van der Waals surface area contributed by atoms with Crippen LogP contribution in [0.3, 0.4) is 0 Å². The van der Waals surface area contributed by atoms with E-state index >= 15 is 0 Å². The smallest absolute Gasteiger partial charge is 0.312 e. The number of esters is 2. The van der Waals surface area contributed by atoms with Crippen molar-refractivity contribution in [3.05, 3.63) is 69.6 Å². The molecule has 0 aliphatic heterocycles. The second-order valence-corrected chi connectivity index (χ2v) is 16.4. The number of nitriles is 1. The number of amides is 1. The van der Waals surface area contributed by atoms with Crippen LogP contribution in [0.4, 0.5) is 0 Å². The summed E-state index contributed by atoms with van der Waals surface area (Å²) in [6, 6.07) is 11.7. The third-order valence-corrected chi connectivity index (χ3v) is 10.5. The zero-order valence-electron chi connectivity index (χ0n) is 28.7. The van der Waals surface area contributed by atoms with E-state index in [9.17, 15) is 27.6 Å². The van der Waals surface area contributed by atoms with Gasteiger partial charge < -0.3 is 24.1 Å². The van der Waals surface area contributed by atoms with Gasteiger partial charge in [-0.1, -0.05) is 12.1 Å². The van der Waals surface area contributed by atoms with Gasteiger partial charge in [0.2, 0.25) is 15.9 Å². The molecule has 0 spiro atoms. The van der Waals surface area contributed by atoms with Crippen LogP contribution in [0.15, 0.2) is 47.4 Å². The number of carbonyl (C=O) groups is 3. The molecule has 0 saturated heterocycles. The average Bonchev–Trinajstić information content (AvgIpc) is 3.85. The zero-order valence-corrected chi connectivity index (χ0v) is 29.5. The zero-order chi connectivity index (χ0) is 36.4. The van der Waals surface area contributed by atoms with Gasteiger partial charge in [-0.3, -0.25) is 19.2 Å². The Balaban J connectivity index is 1.55. The number of aromatic nitrogens is 2. The van der Waals surface area contributed by atoms with Gasteiger partial charge in [-0.05, 0) is 84.2 Å². The number of ether oxygens (including phenoxy) is 3. The number of pyridine rings is 2. The molecule has 1 aromatic carbocycles. The fourth-order valence-corrected chi connectivity index (χ4v) is 6.36. The van der Waals surface area contributed by atoms with Crippen LogP contribution < -0.4 is 15.6 Å². The van der Waals surface area contributed by atoms with Crippen molar-refractivity contribution in [1.82, 2.24) is 19.2 Å². The molecule has 1 N–H and O–H groups in total. The molecule has 1 amide bonds. The van der Waals surface area contributed by atoms with Crippen LogP contribution in [0, 0.1) is 22.2 Å². The quantitative estimate of drug-likeness (QED) is 0.216. The summed E-state index contributed by atoms with van der Waals surface area (Å²) in [7, 11) is -2.82. The van der Waals surface area contributed by atoms with Crippen LogP contribution >= 0.6 is 0 Å². The number of nitrogens with one attached hydrogen (secondary N) is 1. The Kier molecular flexibility index (Phi) is 10.6. The van der Waals surface area contributed by atoms with E-state index in [0.29, 0.717) is 10.9 Å². The molecule has 1 saturated carbocycles. The summed E-state index contributed by atoms with van der Waals surface area (Å²) >= 11 is 0. The van der Waals surface area contributed by atoms with Crippen LogP contribution in [0.25, 0.3) is 10.9 Å². The number of sulfonamides is 1. The molecule has 1 aliphatic carbocycles. The van der Waals surface area contributed by atoms with Crippen molar-refractivity contribution in [3.63, 3.8) is 0 Å². The fourth-order valence-electron chi connectivity index (χ4n) is 4.61. The van der Waals surface area contributed by atoms with E-state index in [1.165, 1.54) is 23.9 Å². The van der Waals surface area contributed by atoms with Crippen molar-refractivity contribution in [3.8, 4) is 11.9 Å². The standard InChI is InChI=1S/C34H41N5O9S/c1-32(2,3)30(42)47-20-39(21-48-31(43)33(4,5)6)49(44,45)34(13-14-34)19-46-28-26-24(12-15-36-28)16-25(29(41)38(26)7)27(40)37-18-23-10-8-22(17-35)9-11-23/h8-12,15-16H,13-14,18-21H2,1-7H3,(H,37,40). The Morgan fingerprint density at radius 3 is 2.08 bits per heavy atom. The monoisotopic (exact) mass is 695 g/mol. The minimum atomic E-state index is -4.28. The Morgan fingerprint density at radius 2 is 1.57 bits per heavy atom. The maximum atomic E-state index is 14.0. The molecule has 15 heteroatoms. The summed E-state index contributed by atoms with van der Waals surface area (Å²) in [5, 5.41) is 12.1. The van der Waals surface area contributed by atoms with Gasteiger partial charge in [0.1, 0.15) is 22.4 Å². The van der Waals surface area contributed by atoms with Crippen LogP contribution in [0.2, 0.25) is 0 Å². The van der Waals surface area contributed by atoms with Crippen molar-refractivity contribution in [2.45, 2.75) is 65.7 Å². The number of hydrogen-bond donors (Lipinski definition) is 1. The lowest BCUT2D eigenvalue weighted by atomic mass is 9.98. The van der Waals surface area contributed by atoms with E-state index in [-0.39, 0.29) is 43.0 Å². The summed E-state index contributed by atoms with van der Waals surface area (Å²) in [5.41, 5.74) is -1.07. The van der Waals surface area contributed by atoms with Crippen molar-refractivity contribution in [1.29, 1.82) is 5.26 Å². The SMILES string of the molecule is Cn1c(=O)c(C(=O)NCc2ccc(C#N)cc2)cc2ccnc(OCC3(S(=O)(=O)N(COC(=O)C(C)(C)C)COC(=O)C(C)(C)C)CC3)c21. The predicted molar refractivity (Wildman–Crippen MR) is 178 cm³/mol. The lowest BCUT2D eigenvalue weighted by molar-refractivity contribution is -0.162. The molecule has 2 heterocycles. The highest BCUT2D eigenvalue weighted by Crippen LogP contribution is 2.46. The van der Waals surface area contributed by atoms with Crippen molar-refractivity contribution in [2.24, 2.45) is 17.9 Å². The van der Waals surface area contributed by atoms with Crippen molar-refractivity contribution >= 4 is 38.8 Å². The number of rotatable bonds is 12. The third-order valence-electron chi connectivity index (χ3n) is 7.94. The van der Waals surface area contributed by atoms with E-state index < -0.39 is 62.5 Å². The molecule has 4 rings (SSSR count). The van der Waals surface area contributed by atoms with Crippen molar-refractivity contribution < 1.29 is 37.0 Å². The molecule has 0 radical (unpaired) electrons. The second kappa shape index (κ2) is 14.0. The first kappa shape index (κ1) is 37.0. The molecule has 14 nitrogen and oxygen atoms in total. The molecule has 2 aromatic heterocycles. The lowest BCUT2D eigenvalue weighted by Crippen LogP contribution is -2.47. The maximum Gasteiger partial charge on any atom is 0.312 e. The molecule has 1 aliphatic rings. The number of benzene rings is 1. The second-order valence-electron chi connectivity index (χ2n) is 14.0. The van der Waals surface area contributed by atoms with Crippen LogP contribution in [0.5, 0.6) is 5.88 Å². The van der Waals surface area contributed by atoms with Gasteiger partial charge in [0, 0.05) is 25.2 Å². The summed E-state index contributed by atoms with van der Waals surface area (Å²) in [4.78, 5) is 55.6. The molecule has 262 valence electrons. The number of hydrogen-bond acceptors (Lipinski definition) is 11. The summed E-state index contributed by atoms with van der Waals surface area (Å²) in [6.45, 7) is 8.19. The van der Waals surface area contributed by atoms with Gasteiger partial charge in [-0.2, -0.15) is 5.26 Å². The lowest BCUT2D eigenvalue weighted by Gasteiger charge is -2.29. The Labute approximate surface area is 285 Å². The first-order chi connectivity index (χ1) is 22.8. The van der Waals surface area contributed by atoms with Gasteiger partial charge >= 0.3 is 11.9 Å². The van der Waals surface area contributed by atoms with Crippen LogP contribution in [-0.4, -0.2) is 64.9 Å². The Hall–Kier alpha value is -4.81. The highest BCUT2D eigenvalue weighted by atomic mass is 32.2. The summed E-state index contributed by atoms with van der Waals surface area (Å²) in [5.74, 6) is -1.90. The van der Waals surface area contributed by atoms with E-state index in [4.69, 9.17) is 19.5 Å². The van der Waals surface area contributed by atoms with Gasteiger partial charge in [0.15, 0.2) is 13.5 Å². The minimum absolute atomic E-state index is 0.0204. The van der Waals surface area contributed by atoms with Gasteiger partial charge in [-0.25, -0.2) is 13.4 Å². The third kappa shape index (κ3) is 8.26. The molecule has 1 fully saturated rings. The van der Waals surface area contributed by atoms with Crippen LogP contribution in [-0.2, 0) is 42.7 Å².